The van der Waals surface area contributed by atoms with Crippen LogP contribution in [0.2, 0.25) is 5.02 Å². The fourth-order valence-corrected chi connectivity index (χ4v) is 3.71. The molecule has 0 radical (unpaired) electrons. The Labute approximate surface area is 192 Å². The van der Waals surface area contributed by atoms with Crippen molar-refractivity contribution in [3.8, 4) is 0 Å². The molecule has 0 unspecified atom stereocenters. The predicted octanol–water partition coefficient (Wildman–Crippen LogP) is 8.25. The molecule has 0 saturated carbocycles. The number of carbonyl (C=O) groups is 1. The molecule has 1 aromatic rings. The van der Waals surface area contributed by atoms with Crippen LogP contribution < -0.4 is 0 Å². The number of alkyl halides is 1. The van der Waals surface area contributed by atoms with Gasteiger partial charge in [0, 0.05) is 15.7 Å². The Hall–Kier alpha value is -1.17. The molecule has 0 aliphatic carbocycles. The fourth-order valence-electron chi connectivity index (χ4n) is 2.40. The molecule has 6 heteroatoms. The Morgan fingerprint density at radius 2 is 1.66 bits per heavy atom. The lowest BCUT2D eigenvalue weighted by Gasteiger charge is -2.06. The van der Waals surface area contributed by atoms with Crippen LogP contribution in [-0.4, -0.2) is 25.1 Å². The first-order valence-electron chi connectivity index (χ1n) is 9.72. The van der Waals surface area contributed by atoms with Crippen molar-refractivity contribution in [2.24, 2.45) is 0 Å². The monoisotopic (exact) mass is 462 g/mol. The third-order valence-corrected chi connectivity index (χ3v) is 5.18. The van der Waals surface area contributed by atoms with E-state index in [4.69, 9.17) is 12.7 Å². The maximum atomic E-state index is 11.3. The highest BCUT2D eigenvalue weighted by atomic mass is 35.5. The van der Waals surface area contributed by atoms with Crippen LogP contribution in [0.5, 0.6) is 0 Å². The third-order valence-electron chi connectivity index (χ3n) is 3.97. The molecule has 0 aromatic heterocycles. The average Bonchev–Trinajstić information content (AvgIpc) is 2.70. The summed E-state index contributed by atoms with van der Waals surface area (Å²) in [5.74, 6) is -0.172. The summed E-state index contributed by atoms with van der Waals surface area (Å²) in [6.45, 7) is 8.59. The van der Waals surface area contributed by atoms with Gasteiger partial charge in [-0.05, 0) is 71.6 Å². The van der Waals surface area contributed by atoms with Crippen LogP contribution in [0, 0.1) is 0 Å². The number of allylic oxidation sites excluding steroid dienone is 5. The van der Waals surface area contributed by atoms with E-state index < -0.39 is 5.97 Å². The summed E-state index contributed by atoms with van der Waals surface area (Å²) >= 11 is 10.3. The summed E-state index contributed by atoms with van der Waals surface area (Å²) in [4.78, 5) is 12.0. The second-order valence-electron chi connectivity index (χ2n) is 6.72. The maximum absolute atomic E-state index is 11.3. The first-order valence-corrected chi connectivity index (χ1v) is 10.6. The quantitative estimate of drug-likeness (QED) is 0.281. The van der Waals surface area contributed by atoms with Crippen molar-refractivity contribution in [3.05, 3.63) is 63.7 Å². The molecule has 0 spiro atoms. The van der Waals surface area contributed by atoms with Gasteiger partial charge in [0.2, 0.25) is 0 Å². The predicted molar refractivity (Wildman–Crippen MR) is 132 cm³/mol. The van der Waals surface area contributed by atoms with E-state index in [2.05, 4.69) is 59.3 Å². The number of carboxylic acid groups (broad SMARTS) is 1. The molecular formula is C23H34ClFO2S2. The third kappa shape index (κ3) is 14.5. The van der Waals surface area contributed by atoms with Gasteiger partial charge in [0.15, 0.2) is 0 Å². The number of thioether (sulfide) groups is 1. The normalized spacial score (nSPS) is 11.4. The second-order valence-corrected chi connectivity index (χ2v) is 8.21. The van der Waals surface area contributed by atoms with Crippen LogP contribution >= 0.6 is 36.8 Å². The lowest BCUT2D eigenvalue weighted by atomic mass is 10.1. The summed E-state index contributed by atoms with van der Waals surface area (Å²) in [7, 11) is 0.500. The largest absolute Gasteiger partial charge is 0.478 e. The Morgan fingerprint density at radius 3 is 2.21 bits per heavy atom. The average molecular weight is 463 g/mol. The molecule has 29 heavy (non-hydrogen) atoms. The van der Waals surface area contributed by atoms with Crippen LogP contribution in [-0.2, 0) is 0 Å². The van der Waals surface area contributed by atoms with E-state index in [0.29, 0.717) is 22.7 Å². The molecule has 164 valence electrons. The van der Waals surface area contributed by atoms with E-state index in [1.165, 1.54) is 28.5 Å². The van der Waals surface area contributed by atoms with Gasteiger partial charge in [-0.1, -0.05) is 46.5 Å². The standard InChI is InChI=1S/C22H29ClO2S.CH3F.H2S/c1-16(2)7-5-8-17(3)9-6-10-18(4)13-14-26-21-15-19(23)11-12-20(21)22(24)25;1-2;/h7,9,11-13,15H,5-6,8,10,14H2,1-4H3,(H,24,25);1H3;1H2/b17-9+,18-13+;;/i/hT. The van der Waals surface area contributed by atoms with Crippen molar-refractivity contribution < 1.29 is 14.3 Å². The number of rotatable bonds is 10. The summed E-state index contributed by atoms with van der Waals surface area (Å²) in [5.41, 5.74) is 4.44. The Kier molecular flexibility index (Phi) is 17.0. The van der Waals surface area contributed by atoms with Gasteiger partial charge in [0.05, 0.1) is 13.9 Å². The minimum atomic E-state index is -0.918. The van der Waals surface area contributed by atoms with E-state index >= 15 is 0 Å². The summed E-state index contributed by atoms with van der Waals surface area (Å²) in [6, 6.07) is 4.90. The van der Waals surface area contributed by atoms with Gasteiger partial charge in [0.25, 0.3) is 0 Å². The first-order chi connectivity index (χ1) is 14.3. The van der Waals surface area contributed by atoms with Crippen molar-refractivity contribution in [3.63, 3.8) is 0 Å². The van der Waals surface area contributed by atoms with Gasteiger partial charge in [0.1, 0.15) is 0 Å². The van der Waals surface area contributed by atoms with E-state index in [1.54, 1.807) is 18.2 Å². The van der Waals surface area contributed by atoms with Crippen LogP contribution in [0.3, 0.4) is 0 Å². The van der Waals surface area contributed by atoms with Crippen LogP contribution in [0.25, 0.3) is 0 Å². The number of benzene rings is 1. The summed E-state index contributed by atoms with van der Waals surface area (Å²) < 4.78 is 14.9. The fraction of sp³-hybridized carbons (Fsp3) is 0.435. The van der Waals surface area contributed by atoms with E-state index in [-0.39, 0.29) is 0 Å². The lowest BCUT2D eigenvalue weighted by Crippen LogP contribution is -1.98. The Balaban J connectivity index is 0. The van der Waals surface area contributed by atoms with E-state index in [0.717, 1.165) is 31.4 Å². The molecule has 0 fully saturated rings. The molecule has 0 amide bonds. The smallest absolute Gasteiger partial charge is 0.336 e. The minimum Gasteiger partial charge on any atom is -0.478 e. The molecule has 0 heterocycles. The minimum absolute atomic E-state index is 0.306. The lowest BCUT2D eigenvalue weighted by molar-refractivity contribution is 0.0693. The van der Waals surface area contributed by atoms with Gasteiger partial charge in [-0.25, -0.2) is 4.79 Å². The highest BCUT2D eigenvalue weighted by Gasteiger charge is 2.10. The van der Waals surface area contributed by atoms with Gasteiger partial charge in [-0.15, -0.1) is 11.8 Å². The maximum Gasteiger partial charge on any atom is 0.336 e. The van der Waals surface area contributed by atoms with Crippen LogP contribution in [0.15, 0.2) is 58.0 Å². The molecule has 0 bridgehead atoms. The SMILES string of the molecule is CC(C)=CCC/C(C)=C/CC/C(C)=C/CSc1cc(Cl)ccc1C(=O)O.CF.[3H]S. The molecule has 0 aliphatic heterocycles. The van der Waals surface area contributed by atoms with Crippen molar-refractivity contribution in [2.75, 3.05) is 12.9 Å². The first kappa shape index (κ1) is 27.8. The highest BCUT2D eigenvalue weighted by Crippen LogP contribution is 2.27. The van der Waals surface area contributed by atoms with Crippen molar-refractivity contribution >= 4 is 42.7 Å². The van der Waals surface area contributed by atoms with Crippen LogP contribution in [0.4, 0.5) is 4.39 Å². The van der Waals surface area contributed by atoms with Gasteiger partial charge in [-0.3, -0.25) is 4.39 Å². The zero-order valence-corrected chi connectivity index (χ0v) is 20.4. The number of aromatic carboxylic acids is 1. The topological polar surface area (TPSA) is 37.3 Å². The van der Waals surface area contributed by atoms with Gasteiger partial charge >= 0.3 is 5.97 Å². The van der Waals surface area contributed by atoms with Crippen LogP contribution in [0.1, 0.15) is 63.7 Å². The molecule has 1 aromatic carbocycles. The van der Waals surface area contributed by atoms with E-state index in [9.17, 15) is 14.3 Å². The second kappa shape index (κ2) is 17.7. The summed E-state index contributed by atoms with van der Waals surface area (Å²) in [6.07, 6.45) is 11.1. The van der Waals surface area contributed by atoms with Gasteiger partial charge in [-0.2, -0.15) is 13.4 Å². The zero-order valence-electron chi connectivity index (χ0n) is 19.0. The summed E-state index contributed by atoms with van der Waals surface area (Å²) in [5, 5.41) is 9.81. The number of hydrogen-bond donors (Lipinski definition) is 1. The van der Waals surface area contributed by atoms with Gasteiger partial charge < -0.3 is 5.11 Å². The highest BCUT2D eigenvalue weighted by molar-refractivity contribution is 7.99. The molecule has 1 rings (SSSR count). The molecule has 0 aliphatic rings. The number of hydrogen-bond acceptors (Lipinski definition) is 2. The molecule has 2 nitrogen and oxygen atoms in total. The van der Waals surface area contributed by atoms with E-state index in [1.807, 2.05) is 0 Å². The van der Waals surface area contributed by atoms with Crippen molar-refractivity contribution in [1.29, 1.82) is 1.12 Å². The van der Waals surface area contributed by atoms with Crippen molar-refractivity contribution in [2.45, 2.75) is 58.3 Å². The molecule has 1 N–H and O–H groups in total. The molecular weight excluding hydrogens is 427 g/mol. The molecule has 0 saturated heterocycles. The number of halogens is 2. The number of carboxylic acids is 1. The Bertz CT molecular complexity index is 715. The Morgan fingerprint density at radius 1 is 1.10 bits per heavy atom. The zero-order chi connectivity index (χ0) is 23.5. The molecule has 0 atom stereocenters. The van der Waals surface area contributed by atoms with Crippen molar-refractivity contribution in [1.82, 2.24) is 0 Å².